The second-order valence-electron chi connectivity index (χ2n) is 8.63. The highest BCUT2D eigenvalue weighted by Crippen LogP contribution is 2.33. The molecule has 33 heavy (non-hydrogen) atoms. The zero-order valence-electron chi connectivity index (χ0n) is 18.9. The van der Waals surface area contributed by atoms with Gasteiger partial charge in [0.15, 0.2) is 5.16 Å². The van der Waals surface area contributed by atoms with Crippen molar-refractivity contribution in [3.63, 3.8) is 0 Å². The normalized spacial score (nSPS) is 15.1. The molecule has 0 aliphatic carbocycles. The molecule has 166 valence electrons. The molecule has 1 unspecified atom stereocenters. The van der Waals surface area contributed by atoms with Gasteiger partial charge in [-0.1, -0.05) is 48.2 Å². The number of anilines is 1. The summed E-state index contributed by atoms with van der Waals surface area (Å²) in [4.78, 5) is 33.5. The second-order valence-corrected chi connectivity index (χ2v) is 9.57. The molecule has 5 rings (SSSR count). The van der Waals surface area contributed by atoms with Crippen molar-refractivity contribution < 1.29 is 4.79 Å². The molecule has 0 bridgehead atoms. The molecule has 1 aliphatic heterocycles. The summed E-state index contributed by atoms with van der Waals surface area (Å²) in [5.74, 6) is 0.223. The van der Waals surface area contributed by atoms with Crippen LogP contribution >= 0.6 is 11.8 Å². The monoisotopic (exact) mass is 455 g/mol. The maximum absolute atomic E-state index is 13.5. The highest BCUT2D eigenvalue weighted by molar-refractivity contribution is 7.99. The van der Waals surface area contributed by atoms with E-state index in [-0.39, 0.29) is 23.3 Å². The zero-order valence-corrected chi connectivity index (χ0v) is 19.7. The first-order chi connectivity index (χ1) is 15.9. The van der Waals surface area contributed by atoms with E-state index >= 15 is 0 Å². The van der Waals surface area contributed by atoms with Crippen LogP contribution in [0.4, 0.5) is 5.69 Å². The summed E-state index contributed by atoms with van der Waals surface area (Å²) in [5, 5.41) is 1.09. The third-order valence-electron chi connectivity index (χ3n) is 6.01. The predicted octanol–water partition coefficient (Wildman–Crippen LogP) is 5.07. The number of benzene rings is 3. The summed E-state index contributed by atoms with van der Waals surface area (Å²) in [5.41, 5.74) is 5.59. The summed E-state index contributed by atoms with van der Waals surface area (Å²) < 4.78 is 1.64. The summed E-state index contributed by atoms with van der Waals surface area (Å²) in [7, 11) is 0. The van der Waals surface area contributed by atoms with Gasteiger partial charge in [-0.3, -0.25) is 14.2 Å². The topological polar surface area (TPSA) is 55.2 Å². The minimum absolute atomic E-state index is 0.0202. The van der Waals surface area contributed by atoms with Crippen LogP contribution < -0.4 is 10.5 Å². The van der Waals surface area contributed by atoms with Gasteiger partial charge in [0.1, 0.15) is 0 Å². The van der Waals surface area contributed by atoms with E-state index in [0.29, 0.717) is 16.1 Å². The Morgan fingerprint density at radius 2 is 1.73 bits per heavy atom. The summed E-state index contributed by atoms with van der Waals surface area (Å²) in [6.07, 6.45) is 0.855. The van der Waals surface area contributed by atoms with Gasteiger partial charge in [-0.25, -0.2) is 4.98 Å². The minimum Gasteiger partial charge on any atom is -0.308 e. The molecule has 4 aromatic rings. The van der Waals surface area contributed by atoms with Crippen LogP contribution in [0.15, 0.2) is 76.7 Å². The fraction of sp³-hybridized carbons (Fsp3) is 0.222. The maximum atomic E-state index is 13.5. The highest BCUT2D eigenvalue weighted by atomic mass is 32.2. The first-order valence-electron chi connectivity index (χ1n) is 11.1. The first kappa shape index (κ1) is 21.5. The van der Waals surface area contributed by atoms with Crippen LogP contribution in [0.5, 0.6) is 0 Å². The molecule has 0 saturated carbocycles. The van der Waals surface area contributed by atoms with E-state index in [4.69, 9.17) is 4.98 Å². The van der Waals surface area contributed by atoms with Gasteiger partial charge >= 0.3 is 0 Å². The Hall–Kier alpha value is -3.38. The highest BCUT2D eigenvalue weighted by Gasteiger charge is 2.30. The molecular formula is C27H25N3O2S. The van der Waals surface area contributed by atoms with Crippen LogP contribution in [-0.2, 0) is 11.2 Å². The SMILES string of the molecule is Cc1cc(C)cc(-n2c(SCC(=O)N3c4ccccc4CC3C)nc3ccccc3c2=O)c1. The molecule has 0 N–H and O–H groups in total. The lowest BCUT2D eigenvalue weighted by Crippen LogP contribution is -2.37. The van der Waals surface area contributed by atoms with E-state index < -0.39 is 0 Å². The van der Waals surface area contributed by atoms with Crippen LogP contribution in [0.25, 0.3) is 16.6 Å². The number of aromatic nitrogens is 2. The van der Waals surface area contributed by atoms with Crippen LogP contribution in [0, 0.1) is 13.8 Å². The standard InChI is InChI=1S/C27H25N3O2S/c1-17-12-18(2)14-21(13-17)30-26(32)22-9-5-6-10-23(22)28-27(30)33-16-25(31)29-19(3)15-20-8-4-7-11-24(20)29/h4-14,19H,15-16H2,1-3H3. The molecule has 1 atom stereocenters. The lowest BCUT2D eigenvalue weighted by Gasteiger charge is -2.23. The minimum atomic E-state index is -0.125. The van der Waals surface area contributed by atoms with E-state index in [0.717, 1.165) is 28.9 Å². The number of hydrogen-bond donors (Lipinski definition) is 0. The second kappa shape index (κ2) is 8.52. The smallest absolute Gasteiger partial charge is 0.266 e. The van der Waals surface area contributed by atoms with Crippen molar-refractivity contribution in [3.8, 4) is 5.69 Å². The summed E-state index contributed by atoms with van der Waals surface area (Å²) >= 11 is 1.31. The molecule has 1 aromatic heterocycles. The molecule has 1 amide bonds. The molecule has 3 aromatic carbocycles. The van der Waals surface area contributed by atoms with Gasteiger partial charge in [0.05, 0.1) is 22.3 Å². The van der Waals surface area contributed by atoms with E-state index in [1.165, 1.54) is 17.3 Å². The maximum Gasteiger partial charge on any atom is 0.266 e. The number of nitrogens with zero attached hydrogens (tertiary/aromatic N) is 3. The number of rotatable bonds is 4. The lowest BCUT2D eigenvalue weighted by molar-refractivity contribution is -0.116. The first-order valence-corrected chi connectivity index (χ1v) is 12.0. The molecule has 1 aliphatic rings. The predicted molar refractivity (Wildman–Crippen MR) is 135 cm³/mol. The van der Waals surface area contributed by atoms with Gasteiger partial charge in [-0.2, -0.15) is 0 Å². The Morgan fingerprint density at radius 1 is 1.03 bits per heavy atom. The quantitative estimate of drug-likeness (QED) is 0.318. The number of para-hydroxylation sites is 2. The van der Waals surface area contributed by atoms with Gasteiger partial charge in [0, 0.05) is 11.7 Å². The number of thioether (sulfide) groups is 1. The molecule has 6 heteroatoms. The molecule has 0 saturated heterocycles. The molecule has 0 spiro atoms. The van der Waals surface area contributed by atoms with Crippen LogP contribution in [-0.4, -0.2) is 27.3 Å². The lowest BCUT2D eigenvalue weighted by atomic mass is 10.1. The van der Waals surface area contributed by atoms with Crippen molar-refractivity contribution in [2.24, 2.45) is 0 Å². The van der Waals surface area contributed by atoms with Crippen molar-refractivity contribution in [1.82, 2.24) is 9.55 Å². The van der Waals surface area contributed by atoms with Crippen molar-refractivity contribution in [2.45, 2.75) is 38.4 Å². The number of fused-ring (bicyclic) bond motifs is 2. The average Bonchev–Trinajstić information content (AvgIpc) is 3.12. The number of aryl methyl sites for hydroxylation is 2. The van der Waals surface area contributed by atoms with Crippen LogP contribution in [0.1, 0.15) is 23.6 Å². The number of amides is 1. The van der Waals surface area contributed by atoms with E-state index in [9.17, 15) is 9.59 Å². The van der Waals surface area contributed by atoms with E-state index in [1.54, 1.807) is 10.6 Å². The Balaban J connectivity index is 1.54. The Labute approximate surface area is 197 Å². The number of hydrogen-bond acceptors (Lipinski definition) is 4. The molecule has 0 fully saturated rings. The molecular weight excluding hydrogens is 430 g/mol. The fourth-order valence-corrected chi connectivity index (χ4v) is 5.53. The average molecular weight is 456 g/mol. The van der Waals surface area contributed by atoms with Gasteiger partial charge in [-0.15, -0.1) is 0 Å². The third kappa shape index (κ3) is 3.95. The van der Waals surface area contributed by atoms with E-state index in [2.05, 4.69) is 19.1 Å². The Kier molecular flexibility index (Phi) is 5.54. The molecule has 0 radical (unpaired) electrons. The van der Waals surface area contributed by atoms with Crippen molar-refractivity contribution >= 4 is 34.3 Å². The Morgan fingerprint density at radius 3 is 2.52 bits per heavy atom. The van der Waals surface area contributed by atoms with Gasteiger partial charge in [0.25, 0.3) is 5.56 Å². The largest absolute Gasteiger partial charge is 0.308 e. The van der Waals surface area contributed by atoms with Crippen molar-refractivity contribution in [1.29, 1.82) is 0 Å². The zero-order chi connectivity index (χ0) is 23.1. The Bertz CT molecular complexity index is 1420. The number of carbonyl (C=O) groups excluding carboxylic acids is 1. The van der Waals surface area contributed by atoms with Crippen LogP contribution in [0.2, 0.25) is 0 Å². The summed E-state index contributed by atoms with van der Waals surface area (Å²) in [6, 6.07) is 21.6. The van der Waals surface area contributed by atoms with Gasteiger partial charge < -0.3 is 4.90 Å². The number of carbonyl (C=O) groups is 1. The molecule has 2 heterocycles. The molecule has 5 nitrogen and oxygen atoms in total. The van der Waals surface area contributed by atoms with Gasteiger partial charge in [-0.05, 0) is 74.2 Å². The summed E-state index contributed by atoms with van der Waals surface area (Å²) in [6.45, 7) is 6.10. The van der Waals surface area contributed by atoms with Gasteiger partial charge in [0.2, 0.25) is 5.91 Å². The van der Waals surface area contributed by atoms with Crippen molar-refractivity contribution in [2.75, 3.05) is 10.7 Å². The van der Waals surface area contributed by atoms with Crippen LogP contribution in [0.3, 0.4) is 0 Å². The third-order valence-corrected chi connectivity index (χ3v) is 6.93. The van der Waals surface area contributed by atoms with Crippen molar-refractivity contribution in [3.05, 3.63) is 93.8 Å². The fourth-order valence-electron chi connectivity index (χ4n) is 4.66. The van der Waals surface area contributed by atoms with E-state index in [1.807, 2.05) is 67.3 Å².